The van der Waals surface area contributed by atoms with Crippen LogP contribution in [0.15, 0.2) is 27.6 Å². The number of hydrogen-bond donors (Lipinski definition) is 0. The highest BCUT2D eigenvalue weighted by molar-refractivity contribution is 9.10. The fourth-order valence-electron chi connectivity index (χ4n) is 1.49. The van der Waals surface area contributed by atoms with Crippen LogP contribution < -0.4 is 4.74 Å². The Balaban J connectivity index is 2.14. The Hall–Kier alpha value is -0.630. The average Bonchev–Trinajstić information content (AvgIpc) is 2.66. The molecule has 0 bridgehead atoms. The van der Waals surface area contributed by atoms with Crippen LogP contribution in [0.4, 0.5) is 0 Å². The number of ether oxygens (including phenoxy) is 1. The maximum Gasteiger partial charge on any atom is 0.261 e. The highest BCUT2D eigenvalue weighted by atomic mass is 79.9. The van der Waals surface area contributed by atoms with Crippen molar-refractivity contribution in [1.29, 1.82) is 0 Å². The van der Waals surface area contributed by atoms with E-state index in [0.717, 1.165) is 15.6 Å². The van der Waals surface area contributed by atoms with Crippen molar-refractivity contribution in [2.24, 2.45) is 0 Å². The zero-order valence-electron chi connectivity index (χ0n) is 10.7. The Morgan fingerprint density at radius 3 is 2.60 bits per heavy atom. The number of halogens is 2. The first-order valence-electron chi connectivity index (χ1n) is 5.57. The van der Waals surface area contributed by atoms with Gasteiger partial charge >= 0.3 is 0 Å². The van der Waals surface area contributed by atoms with Crippen LogP contribution in [-0.2, 0) is 15.7 Å². The van der Waals surface area contributed by atoms with Gasteiger partial charge in [-0.3, -0.25) is 0 Å². The number of nitrogens with zero attached hydrogens (tertiary/aromatic N) is 1. The van der Waals surface area contributed by atoms with Crippen LogP contribution in [0.1, 0.15) is 15.6 Å². The maximum absolute atomic E-state index is 11.2. The van der Waals surface area contributed by atoms with Gasteiger partial charge < -0.3 is 4.74 Å². The van der Waals surface area contributed by atoms with E-state index >= 15 is 0 Å². The molecule has 1 heterocycles. The number of hydrogen-bond acceptors (Lipinski definition) is 5. The van der Waals surface area contributed by atoms with Crippen LogP contribution >= 0.6 is 37.9 Å². The largest absolute Gasteiger partial charge is 0.485 e. The molecular weight excluding hydrogens is 386 g/mol. The Bertz CT molecular complexity index is 724. The third kappa shape index (κ3) is 3.72. The molecule has 0 radical (unpaired) electrons. The second-order valence-corrected chi connectivity index (χ2v) is 8.78. The van der Waals surface area contributed by atoms with Crippen molar-refractivity contribution in [2.75, 3.05) is 0 Å². The lowest BCUT2D eigenvalue weighted by molar-refractivity contribution is 0.303. The van der Waals surface area contributed by atoms with E-state index in [2.05, 4.69) is 20.9 Å². The summed E-state index contributed by atoms with van der Waals surface area (Å²) in [6, 6.07) is 4.38. The summed E-state index contributed by atoms with van der Waals surface area (Å²) >= 11 is 4.85. The standard InChI is InChI=1S/C12H11BrClNO3S2/c1-7-8(2)19-12(15-7)6-18-11-4-3-9(5-10(11)13)20(14,16)17/h3-5H,6H2,1-2H3. The van der Waals surface area contributed by atoms with Crippen LogP contribution in [0.25, 0.3) is 0 Å². The molecule has 20 heavy (non-hydrogen) atoms. The van der Waals surface area contributed by atoms with Gasteiger partial charge in [-0.05, 0) is 48.0 Å². The van der Waals surface area contributed by atoms with Crippen LogP contribution in [0.5, 0.6) is 5.75 Å². The third-order valence-electron chi connectivity index (χ3n) is 2.61. The molecule has 0 fully saturated rings. The van der Waals surface area contributed by atoms with Crippen LogP contribution in [-0.4, -0.2) is 13.4 Å². The normalized spacial score (nSPS) is 11.6. The molecule has 4 nitrogen and oxygen atoms in total. The van der Waals surface area contributed by atoms with Crippen molar-refractivity contribution in [2.45, 2.75) is 25.3 Å². The lowest BCUT2D eigenvalue weighted by atomic mass is 10.3. The van der Waals surface area contributed by atoms with E-state index in [1.54, 1.807) is 17.4 Å². The summed E-state index contributed by atoms with van der Waals surface area (Å²) in [5, 5.41) is 0.876. The maximum atomic E-state index is 11.2. The van der Waals surface area contributed by atoms with Gasteiger partial charge in [0.15, 0.2) is 0 Å². The summed E-state index contributed by atoms with van der Waals surface area (Å²) in [7, 11) is 1.54. The highest BCUT2D eigenvalue weighted by Gasteiger charge is 2.13. The minimum absolute atomic E-state index is 0.0272. The molecule has 1 aromatic carbocycles. The molecule has 0 spiro atoms. The quantitative estimate of drug-likeness (QED) is 0.732. The van der Waals surface area contributed by atoms with Gasteiger partial charge in [0.25, 0.3) is 9.05 Å². The smallest absolute Gasteiger partial charge is 0.261 e. The first-order valence-corrected chi connectivity index (χ1v) is 9.49. The fourth-order valence-corrected chi connectivity index (χ4v) is 3.76. The lowest BCUT2D eigenvalue weighted by Gasteiger charge is -2.07. The highest BCUT2D eigenvalue weighted by Crippen LogP contribution is 2.30. The second kappa shape index (κ2) is 6.01. The van der Waals surface area contributed by atoms with Gasteiger partial charge in [0.1, 0.15) is 17.4 Å². The van der Waals surface area contributed by atoms with Crippen molar-refractivity contribution in [1.82, 2.24) is 4.98 Å². The van der Waals surface area contributed by atoms with E-state index in [0.29, 0.717) is 16.8 Å². The SMILES string of the molecule is Cc1nc(COc2ccc(S(=O)(=O)Cl)cc2Br)sc1C. The van der Waals surface area contributed by atoms with E-state index in [1.165, 1.54) is 12.1 Å². The Labute approximate surface area is 134 Å². The molecule has 0 saturated heterocycles. The van der Waals surface area contributed by atoms with Gasteiger partial charge in [0, 0.05) is 15.6 Å². The second-order valence-electron chi connectivity index (χ2n) is 4.07. The minimum Gasteiger partial charge on any atom is -0.485 e. The molecule has 0 amide bonds. The van der Waals surface area contributed by atoms with Crippen molar-refractivity contribution in [3.05, 3.63) is 38.3 Å². The molecule has 108 valence electrons. The lowest BCUT2D eigenvalue weighted by Crippen LogP contribution is -1.97. The molecule has 0 unspecified atom stereocenters. The van der Waals surface area contributed by atoms with E-state index < -0.39 is 9.05 Å². The first-order chi connectivity index (χ1) is 9.27. The number of aryl methyl sites for hydroxylation is 2. The monoisotopic (exact) mass is 395 g/mol. The van der Waals surface area contributed by atoms with E-state index in [-0.39, 0.29) is 4.90 Å². The molecule has 0 atom stereocenters. The fraction of sp³-hybridized carbons (Fsp3) is 0.250. The van der Waals surface area contributed by atoms with E-state index in [1.807, 2.05) is 13.8 Å². The molecule has 0 aliphatic rings. The van der Waals surface area contributed by atoms with Gasteiger partial charge in [0.05, 0.1) is 15.1 Å². The Kier molecular flexibility index (Phi) is 4.73. The molecule has 0 aliphatic heterocycles. The predicted octanol–water partition coefficient (Wildman–Crippen LogP) is 4.03. The van der Waals surface area contributed by atoms with Crippen molar-refractivity contribution in [3.63, 3.8) is 0 Å². The Morgan fingerprint density at radius 2 is 2.10 bits per heavy atom. The van der Waals surface area contributed by atoms with Crippen LogP contribution in [0, 0.1) is 13.8 Å². The third-order valence-corrected chi connectivity index (χ3v) is 5.63. The average molecular weight is 397 g/mol. The number of benzene rings is 1. The zero-order chi connectivity index (χ0) is 14.9. The number of thiazole rings is 1. The van der Waals surface area contributed by atoms with Gasteiger partial charge in [0.2, 0.25) is 0 Å². The molecular formula is C12H11BrClNO3S2. The van der Waals surface area contributed by atoms with Crippen molar-refractivity contribution >= 4 is 47.0 Å². The number of rotatable bonds is 4. The van der Waals surface area contributed by atoms with Crippen LogP contribution in [0.2, 0.25) is 0 Å². The first kappa shape index (κ1) is 15.8. The van der Waals surface area contributed by atoms with Gasteiger partial charge in [-0.2, -0.15) is 0 Å². The molecule has 0 saturated carbocycles. The zero-order valence-corrected chi connectivity index (χ0v) is 14.7. The van der Waals surface area contributed by atoms with Gasteiger partial charge in [-0.25, -0.2) is 13.4 Å². The minimum atomic E-state index is -3.74. The van der Waals surface area contributed by atoms with Crippen molar-refractivity contribution in [3.8, 4) is 5.75 Å². The molecule has 2 rings (SSSR count). The Morgan fingerprint density at radius 1 is 1.40 bits per heavy atom. The van der Waals surface area contributed by atoms with Gasteiger partial charge in [-0.1, -0.05) is 0 Å². The molecule has 0 N–H and O–H groups in total. The summed E-state index contributed by atoms with van der Waals surface area (Å²) in [6.45, 7) is 4.29. The van der Waals surface area contributed by atoms with Gasteiger partial charge in [-0.15, -0.1) is 11.3 Å². The van der Waals surface area contributed by atoms with Crippen LogP contribution in [0.3, 0.4) is 0 Å². The number of aromatic nitrogens is 1. The summed E-state index contributed by atoms with van der Waals surface area (Å²) in [6.07, 6.45) is 0. The molecule has 8 heteroatoms. The summed E-state index contributed by atoms with van der Waals surface area (Å²) in [5.41, 5.74) is 0.997. The molecule has 0 aliphatic carbocycles. The summed E-state index contributed by atoms with van der Waals surface area (Å²) in [5.74, 6) is 0.541. The van der Waals surface area contributed by atoms with E-state index in [4.69, 9.17) is 15.4 Å². The predicted molar refractivity (Wildman–Crippen MR) is 83.1 cm³/mol. The molecule has 2 aromatic rings. The topological polar surface area (TPSA) is 56.3 Å². The molecule has 1 aromatic heterocycles. The van der Waals surface area contributed by atoms with E-state index in [9.17, 15) is 8.42 Å². The summed E-state index contributed by atoms with van der Waals surface area (Å²) < 4.78 is 28.6. The van der Waals surface area contributed by atoms with Crippen molar-refractivity contribution < 1.29 is 13.2 Å². The summed E-state index contributed by atoms with van der Waals surface area (Å²) in [4.78, 5) is 5.56.